The molecule has 0 aliphatic heterocycles. The maximum absolute atomic E-state index is 15.6. The summed E-state index contributed by atoms with van der Waals surface area (Å²) in [6, 6.07) is 7.39. The summed E-state index contributed by atoms with van der Waals surface area (Å²) in [6.07, 6.45) is -2.68. The maximum Gasteiger partial charge on any atom is 0.405 e. The number of alkyl halides is 3. The minimum Gasteiger partial charge on any atom is -0.352 e. The van der Waals surface area contributed by atoms with Crippen molar-refractivity contribution < 1.29 is 34.8 Å². The van der Waals surface area contributed by atoms with Crippen LogP contribution in [0, 0.1) is 17.5 Å². The molecule has 15 heteroatoms. The number of sulfonamides is 1. The first-order chi connectivity index (χ1) is 17.9. The van der Waals surface area contributed by atoms with E-state index in [1.807, 2.05) is 4.72 Å². The van der Waals surface area contributed by atoms with E-state index in [0.29, 0.717) is 12.2 Å². The van der Waals surface area contributed by atoms with Crippen LogP contribution in [0.15, 0.2) is 53.6 Å². The number of thiazole rings is 1. The summed E-state index contributed by atoms with van der Waals surface area (Å²) >= 11 is 0.779. The topological polar surface area (TPSA) is 96.9 Å². The molecule has 2 aromatic heterocycles. The van der Waals surface area contributed by atoms with Gasteiger partial charge in [-0.25, -0.2) is 36.5 Å². The van der Waals surface area contributed by atoms with Crippen LogP contribution >= 0.6 is 11.3 Å². The van der Waals surface area contributed by atoms with E-state index in [2.05, 4.69) is 20.3 Å². The minimum atomic E-state index is -4.90. The van der Waals surface area contributed by atoms with Gasteiger partial charge in [0, 0.05) is 18.2 Å². The van der Waals surface area contributed by atoms with Gasteiger partial charge in [0.25, 0.3) is 10.0 Å². The second-order valence-corrected chi connectivity index (χ2v) is 10.3. The number of benzene rings is 2. The van der Waals surface area contributed by atoms with Crippen LogP contribution in [0.2, 0.25) is 0 Å². The van der Waals surface area contributed by atoms with Crippen molar-refractivity contribution in [2.24, 2.45) is 0 Å². The van der Waals surface area contributed by atoms with Crippen LogP contribution in [0.3, 0.4) is 0 Å². The highest BCUT2D eigenvalue weighted by Crippen LogP contribution is 2.41. The molecule has 0 unspecified atom stereocenters. The van der Waals surface area contributed by atoms with Gasteiger partial charge in [-0.2, -0.15) is 13.2 Å². The maximum atomic E-state index is 15.6. The number of aryl methyl sites for hydroxylation is 1. The Morgan fingerprint density at radius 1 is 0.974 bits per heavy atom. The quantitative estimate of drug-likeness (QED) is 0.250. The van der Waals surface area contributed by atoms with Crippen LogP contribution in [0.25, 0.3) is 21.8 Å². The standard InChI is InChI=1S/C23H17F6N5O2S2/c1-2-17-30-10-9-16(32-17)20-19(33-22(37-20)31-11-23(27,28)29)12-5-3-8-15(18(12)26)34-38(35,36)21-13(24)6-4-7-14(21)25/h3-10,34H,2,11H2,1H3,(H,31,33). The Hall–Kier alpha value is -3.72. The predicted molar refractivity (Wildman–Crippen MR) is 130 cm³/mol. The Morgan fingerprint density at radius 2 is 1.66 bits per heavy atom. The molecule has 4 rings (SSSR count). The van der Waals surface area contributed by atoms with Crippen molar-refractivity contribution in [3.05, 3.63) is 71.9 Å². The predicted octanol–water partition coefficient (Wildman–Crippen LogP) is 6.02. The lowest BCUT2D eigenvalue weighted by molar-refractivity contribution is -0.115. The molecule has 0 radical (unpaired) electrons. The van der Waals surface area contributed by atoms with Gasteiger partial charge >= 0.3 is 6.18 Å². The second kappa shape index (κ2) is 10.6. The molecule has 200 valence electrons. The molecule has 0 spiro atoms. The zero-order valence-corrected chi connectivity index (χ0v) is 20.9. The van der Waals surface area contributed by atoms with E-state index in [4.69, 9.17) is 0 Å². The first-order valence-electron chi connectivity index (χ1n) is 10.8. The third-order valence-corrected chi connectivity index (χ3v) is 7.46. The van der Waals surface area contributed by atoms with E-state index in [-0.39, 0.29) is 27.0 Å². The van der Waals surface area contributed by atoms with Crippen LogP contribution in [0.5, 0.6) is 0 Å². The third-order valence-electron chi connectivity index (χ3n) is 5.01. The van der Waals surface area contributed by atoms with Crippen LogP contribution in [0.4, 0.5) is 37.2 Å². The summed E-state index contributed by atoms with van der Waals surface area (Å²) in [4.78, 5) is 11.4. The van der Waals surface area contributed by atoms with Gasteiger partial charge in [-0.15, -0.1) is 0 Å². The molecule has 2 aromatic carbocycles. The lowest BCUT2D eigenvalue weighted by Crippen LogP contribution is -2.21. The van der Waals surface area contributed by atoms with Crippen LogP contribution in [-0.4, -0.2) is 36.1 Å². The van der Waals surface area contributed by atoms with E-state index >= 15 is 4.39 Å². The van der Waals surface area contributed by atoms with Gasteiger partial charge < -0.3 is 5.32 Å². The van der Waals surface area contributed by atoms with Gasteiger partial charge in [0.1, 0.15) is 24.0 Å². The fourth-order valence-electron chi connectivity index (χ4n) is 3.35. The molecular weight excluding hydrogens is 556 g/mol. The summed E-state index contributed by atoms with van der Waals surface area (Å²) in [7, 11) is -4.90. The van der Waals surface area contributed by atoms with Crippen molar-refractivity contribution in [2.45, 2.75) is 24.4 Å². The summed E-state index contributed by atoms with van der Waals surface area (Å²) in [5.41, 5.74) is -0.827. The van der Waals surface area contributed by atoms with Crippen LogP contribution in [0.1, 0.15) is 12.7 Å². The monoisotopic (exact) mass is 573 g/mol. The van der Waals surface area contributed by atoms with E-state index in [9.17, 15) is 30.4 Å². The Labute approximate surface area is 216 Å². The van der Waals surface area contributed by atoms with Gasteiger partial charge in [-0.05, 0) is 30.3 Å². The van der Waals surface area contributed by atoms with E-state index in [1.165, 1.54) is 24.4 Å². The summed E-state index contributed by atoms with van der Waals surface area (Å²) < 4.78 is 109. The van der Waals surface area contributed by atoms with Gasteiger partial charge in [0.2, 0.25) is 0 Å². The Morgan fingerprint density at radius 3 is 2.32 bits per heavy atom. The van der Waals surface area contributed by atoms with E-state index in [0.717, 1.165) is 35.6 Å². The number of aromatic nitrogens is 3. The zero-order valence-electron chi connectivity index (χ0n) is 19.3. The molecule has 4 aromatic rings. The Kier molecular flexibility index (Phi) is 7.60. The number of nitrogens with one attached hydrogen (secondary N) is 2. The lowest BCUT2D eigenvalue weighted by atomic mass is 10.1. The molecule has 0 saturated carbocycles. The Bertz CT molecular complexity index is 1570. The lowest BCUT2D eigenvalue weighted by Gasteiger charge is -2.12. The number of nitrogens with zero attached hydrogens (tertiary/aromatic N) is 3. The normalized spacial score (nSPS) is 12.0. The van der Waals surface area contributed by atoms with Crippen LogP contribution in [-0.2, 0) is 16.4 Å². The Balaban J connectivity index is 1.81. The molecule has 0 saturated heterocycles. The summed E-state index contributed by atoms with van der Waals surface area (Å²) in [5, 5.41) is 1.95. The SMILES string of the molecule is CCc1nccc(-c2sc(NCC(F)(F)F)nc2-c2cccc(NS(=O)(=O)c3c(F)cccc3F)c2F)n1. The number of hydrogen-bond acceptors (Lipinski definition) is 7. The molecular formula is C23H17F6N5O2S2. The molecule has 0 aliphatic carbocycles. The number of hydrogen-bond donors (Lipinski definition) is 2. The summed E-state index contributed by atoms with van der Waals surface area (Å²) in [6.45, 7) is 0.385. The number of anilines is 2. The van der Waals surface area contributed by atoms with Crippen molar-refractivity contribution >= 4 is 32.2 Å². The molecule has 2 N–H and O–H groups in total. The molecule has 0 atom stereocenters. The molecule has 38 heavy (non-hydrogen) atoms. The average Bonchev–Trinajstić information content (AvgIpc) is 3.27. The number of halogens is 6. The highest BCUT2D eigenvalue weighted by atomic mass is 32.2. The average molecular weight is 574 g/mol. The highest BCUT2D eigenvalue weighted by molar-refractivity contribution is 7.92. The van der Waals surface area contributed by atoms with Crippen LogP contribution < -0.4 is 10.0 Å². The van der Waals surface area contributed by atoms with Gasteiger partial charge in [0.05, 0.1) is 22.0 Å². The number of rotatable bonds is 8. The third kappa shape index (κ3) is 5.88. The van der Waals surface area contributed by atoms with Crippen molar-refractivity contribution in [3.63, 3.8) is 0 Å². The fraction of sp³-hybridized carbons (Fsp3) is 0.174. The molecule has 0 fully saturated rings. The van der Waals surface area contributed by atoms with Gasteiger partial charge in [-0.1, -0.05) is 30.4 Å². The highest BCUT2D eigenvalue weighted by Gasteiger charge is 2.29. The van der Waals surface area contributed by atoms with Crippen molar-refractivity contribution in [1.29, 1.82) is 0 Å². The first-order valence-corrected chi connectivity index (χ1v) is 13.1. The molecule has 7 nitrogen and oxygen atoms in total. The molecule has 0 aliphatic rings. The minimum absolute atomic E-state index is 0.129. The smallest absolute Gasteiger partial charge is 0.352 e. The molecule has 0 bridgehead atoms. The largest absolute Gasteiger partial charge is 0.405 e. The summed E-state index contributed by atoms with van der Waals surface area (Å²) in [5.74, 6) is -3.52. The van der Waals surface area contributed by atoms with Gasteiger partial charge in [-0.3, -0.25) is 4.72 Å². The van der Waals surface area contributed by atoms with E-state index in [1.54, 1.807) is 6.92 Å². The molecule has 2 heterocycles. The van der Waals surface area contributed by atoms with Crippen molar-refractivity contribution in [3.8, 4) is 21.8 Å². The zero-order chi connectivity index (χ0) is 27.7. The van der Waals surface area contributed by atoms with Crippen molar-refractivity contribution in [1.82, 2.24) is 15.0 Å². The van der Waals surface area contributed by atoms with Gasteiger partial charge in [0.15, 0.2) is 15.8 Å². The first kappa shape index (κ1) is 27.3. The second-order valence-electron chi connectivity index (χ2n) is 7.70. The molecule has 0 amide bonds. The van der Waals surface area contributed by atoms with Crippen molar-refractivity contribution in [2.75, 3.05) is 16.6 Å². The van der Waals surface area contributed by atoms with E-state index < -0.39 is 50.8 Å². The fourth-order valence-corrected chi connectivity index (χ4v) is 5.50.